The quantitative estimate of drug-likeness (QED) is 0.418. The van der Waals surface area contributed by atoms with Crippen molar-refractivity contribution in [2.45, 2.75) is 25.9 Å². The highest BCUT2D eigenvalue weighted by Gasteiger charge is 2.23. The zero-order valence-corrected chi connectivity index (χ0v) is 5.39. The molecule has 2 atom stereocenters. The summed E-state index contributed by atoms with van der Waals surface area (Å²) < 4.78 is 0. The Kier molecular flexibility index (Phi) is 1.51. The molecule has 1 aliphatic heterocycles. The van der Waals surface area contributed by atoms with Crippen LogP contribution in [-0.2, 0) is 0 Å². The third-order valence-electron chi connectivity index (χ3n) is 1.84. The number of nitrogens with one attached hydrogen (secondary N) is 1. The molecule has 1 aliphatic rings. The second-order valence-electron chi connectivity index (χ2n) is 2.41. The van der Waals surface area contributed by atoms with Gasteiger partial charge in [-0.15, -0.1) is 0 Å². The van der Waals surface area contributed by atoms with Crippen molar-refractivity contribution in [1.82, 2.24) is 10.3 Å². The fourth-order valence-corrected chi connectivity index (χ4v) is 0.851. The van der Waals surface area contributed by atoms with E-state index in [1.165, 1.54) is 0 Å². The Hall–Kier alpha value is -0.120. The average Bonchev–Trinajstić information content (AvgIpc) is 1.98. The van der Waals surface area contributed by atoms with E-state index in [4.69, 9.17) is 5.84 Å². The number of hydrogen-bond donors (Lipinski definition) is 2. The van der Waals surface area contributed by atoms with Gasteiger partial charge in [0.05, 0.1) is 6.67 Å². The molecule has 8 heavy (non-hydrogen) atoms. The Bertz CT molecular complexity index is 73.7. The van der Waals surface area contributed by atoms with Gasteiger partial charge in [-0.25, -0.2) is 5.01 Å². The first kappa shape index (κ1) is 6.01. The number of nitrogens with two attached hydrogens (primary N) is 1. The molecule has 0 radical (unpaired) electrons. The Balaban J connectivity index is 2.44. The maximum Gasteiger partial charge on any atom is 0.0624 e. The van der Waals surface area contributed by atoms with Crippen molar-refractivity contribution in [3.05, 3.63) is 0 Å². The van der Waals surface area contributed by atoms with Crippen LogP contribution in [0.25, 0.3) is 0 Å². The van der Waals surface area contributed by atoms with Crippen LogP contribution in [0.15, 0.2) is 0 Å². The summed E-state index contributed by atoms with van der Waals surface area (Å²) in [6.07, 6.45) is 0. The third-order valence-corrected chi connectivity index (χ3v) is 1.84. The summed E-state index contributed by atoms with van der Waals surface area (Å²) in [6, 6.07) is 1.02. The average molecular weight is 115 g/mol. The van der Waals surface area contributed by atoms with Crippen LogP contribution in [0.3, 0.4) is 0 Å². The fraction of sp³-hybridized carbons (Fsp3) is 1.00. The van der Waals surface area contributed by atoms with Crippen LogP contribution in [0, 0.1) is 0 Å². The molecule has 48 valence electrons. The van der Waals surface area contributed by atoms with Gasteiger partial charge in [-0.3, -0.25) is 11.2 Å². The molecule has 1 saturated heterocycles. The Morgan fingerprint density at radius 3 is 2.38 bits per heavy atom. The van der Waals surface area contributed by atoms with Crippen molar-refractivity contribution in [2.24, 2.45) is 5.84 Å². The highest BCUT2D eigenvalue weighted by molar-refractivity contribution is 4.79. The summed E-state index contributed by atoms with van der Waals surface area (Å²) in [5.41, 5.74) is 0. The van der Waals surface area contributed by atoms with E-state index in [1.807, 2.05) is 5.01 Å². The largest absolute Gasteiger partial charge is 0.299 e. The van der Waals surface area contributed by atoms with Crippen LogP contribution in [0.1, 0.15) is 13.8 Å². The van der Waals surface area contributed by atoms with Gasteiger partial charge in [0.25, 0.3) is 0 Å². The van der Waals surface area contributed by atoms with Crippen LogP contribution < -0.4 is 11.2 Å². The first-order chi connectivity index (χ1) is 3.72. The third kappa shape index (κ3) is 0.844. The summed E-state index contributed by atoms with van der Waals surface area (Å²) >= 11 is 0. The monoisotopic (exact) mass is 115 g/mol. The molecule has 1 fully saturated rings. The van der Waals surface area contributed by atoms with Gasteiger partial charge in [-0.05, 0) is 13.8 Å². The van der Waals surface area contributed by atoms with Crippen LogP contribution >= 0.6 is 0 Å². The number of hydrogen-bond acceptors (Lipinski definition) is 3. The smallest absolute Gasteiger partial charge is 0.0624 e. The minimum Gasteiger partial charge on any atom is -0.299 e. The first-order valence-corrected chi connectivity index (χ1v) is 2.96. The van der Waals surface area contributed by atoms with Crippen LogP contribution in [0.2, 0.25) is 0 Å². The predicted octanol–water partition coefficient (Wildman–Crippen LogP) is -0.500. The molecule has 2 unspecified atom stereocenters. The van der Waals surface area contributed by atoms with Crippen molar-refractivity contribution in [3.8, 4) is 0 Å². The van der Waals surface area contributed by atoms with Gasteiger partial charge < -0.3 is 0 Å². The van der Waals surface area contributed by atoms with Crippen molar-refractivity contribution < 1.29 is 0 Å². The minimum absolute atomic E-state index is 0.481. The summed E-state index contributed by atoms with van der Waals surface area (Å²) in [5.74, 6) is 5.54. The summed E-state index contributed by atoms with van der Waals surface area (Å²) in [5, 5.41) is 5.03. The normalized spacial score (nSPS) is 40.9. The Morgan fingerprint density at radius 2 is 2.25 bits per heavy atom. The van der Waals surface area contributed by atoms with Gasteiger partial charge in [-0.1, -0.05) is 0 Å². The zero-order valence-electron chi connectivity index (χ0n) is 5.39. The lowest BCUT2D eigenvalue weighted by molar-refractivity contribution is 0.270. The molecule has 0 aromatic heterocycles. The summed E-state index contributed by atoms with van der Waals surface area (Å²) in [7, 11) is 0. The van der Waals surface area contributed by atoms with E-state index in [1.54, 1.807) is 0 Å². The van der Waals surface area contributed by atoms with E-state index >= 15 is 0 Å². The molecule has 1 rings (SSSR count). The number of rotatable bonds is 0. The second-order valence-corrected chi connectivity index (χ2v) is 2.41. The van der Waals surface area contributed by atoms with Gasteiger partial charge in [0, 0.05) is 12.1 Å². The van der Waals surface area contributed by atoms with E-state index in [0.717, 1.165) is 6.67 Å². The van der Waals surface area contributed by atoms with E-state index in [-0.39, 0.29) is 0 Å². The van der Waals surface area contributed by atoms with Crippen LogP contribution in [0.5, 0.6) is 0 Å². The van der Waals surface area contributed by atoms with E-state index < -0.39 is 0 Å². The Labute approximate surface area is 49.8 Å². The van der Waals surface area contributed by atoms with Gasteiger partial charge in [-0.2, -0.15) is 0 Å². The van der Waals surface area contributed by atoms with Crippen LogP contribution in [-0.4, -0.2) is 23.8 Å². The molecular formula is C5H13N3. The molecule has 0 bridgehead atoms. The lowest BCUT2D eigenvalue weighted by Crippen LogP contribution is -2.36. The van der Waals surface area contributed by atoms with E-state index in [0.29, 0.717) is 12.1 Å². The van der Waals surface area contributed by atoms with Gasteiger partial charge >= 0.3 is 0 Å². The molecule has 1 heterocycles. The topological polar surface area (TPSA) is 41.3 Å². The van der Waals surface area contributed by atoms with E-state index in [9.17, 15) is 0 Å². The van der Waals surface area contributed by atoms with Crippen molar-refractivity contribution in [3.63, 3.8) is 0 Å². The maximum atomic E-state index is 5.54. The molecule has 3 heteroatoms. The number of hydrazine groups is 1. The molecular weight excluding hydrogens is 102 g/mol. The zero-order chi connectivity index (χ0) is 6.15. The molecule has 0 saturated carbocycles. The molecule has 0 aromatic rings. The molecule has 3 N–H and O–H groups in total. The molecule has 3 nitrogen and oxygen atoms in total. The van der Waals surface area contributed by atoms with Crippen LogP contribution in [0.4, 0.5) is 0 Å². The first-order valence-electron chi connectivity index (χ1n) is 2.96. The lowest BCUT2D eigenvalue weighted by Gasteiger charge is -2.14. The highest BCUT2D eigenvalue weighted by atomic mass is 15.5. The fourth-order valence-electron chi connectivity index (χ4n) is 0.851. The summed E-state index contributed by atoms with van der Waals surface area (Å²) in [6.45, 7) is 5.07. The molecule has 0 aliphatic carbocycles. The minimum atomic E-state index is 0.481. The number of nitrogens with zero attached hydrogens (tertiary/aromatic N) is 1. The van der Waals surface area contributed by atoms with Gasteiger partial charge in [0.15, 0.2) is 0 Å². The highest BCUT2D eigenvalue weighted by Crippen LogP contribution is 2.03. The molecule has 0 spiro atoms. The SMILES string of the molecule is CC1NCN(N)C1C. The van der Waals surface area contributed by atoms with Gasteiger partial charge in [0.2, 0.25) is 0 Å². The molecule has 0 amide bonds. The molecule has 0 aromatic carbocycles. The van der Waals surface area contributed by atoms with Gasteiger partial charge in [0.1, 0.15) is 0 Å². The Morgan fingerprint density at radius 1 is 1.62 bits per heavy atom. The lowest BCUT2D eigenvalue weighted by atomic mass is 10.2. The maximum absolute atomic E-state index is 5.54. The standard InChI is InChI=1S/C5H13N3/c1-4-5(2)8(6)3-7-4/h4-5,7H,3,6H2,1-2H3. The van der Waals surface area contributed by atoms with Crippen molar-refractivity contribution in [2.75, 3.05) is 6.67 Å². The second kappa shape index (κ2) is 2.01. The van der Waals surface area contributed by atoms with E-state index in [2.05, 4.69) is 19.2 Å². The van der Waals surface area contributed by atoms with Crippen molar-refractivity contribution >= 4 is 0 Å². The summed E-state index contributed by atoms with van der Waals surface area (Å²) in [4.78, 5) is 0. The predicted molar refractivity (Wildman–Crippen MR) is 33.0 cm³/mol. The van der Waals surface area contributed by atoms with Crippen molar-refractivity contribution in [1.29, 1.82) is 0 Å².